The Morgan fingerprint density at radius 2 is 1.85 bits per heavy atom. The van der Waals surface area contributed by atoms with Crippen LogP contribution in [0.4, 0.5) is 0 Å². The molecule has 2 N–H and O–H groups in total. The van der Waals surface area contributed by atoms with Gasteiger partial charge in [-0.25, -0.2) is 0 Å². The van der Waals surface area contributed by atoms with Gasteiger partial charge in [-0.3, -0.25) is 9.59 Å². The Balaban J connectivity index is 2.08. The molecule has 20 heavy (non-hydrogen) atoms. The summed E-state index contributed by atoms with van der Waals surface area (Å²) in [6.45, 7) is 5.04. The molecule has 1 saturated heterocycles. The third-order valence-corrected chi connectivity index (χ3v) is 4.03. The quantitative estimate of drug-likeness (QED) is 0.858. The number of hydrogen-bond acceptors (Lipinski definition) is 3. The number of ketones is 1. The van der Waals surface area contributed by atoms with E-state index in [0.717, 1.165) is 25.9 Å². The maximum Gasteiger partial charge on any atom is 0.253 e. The molecular formula is C16H22N2O2. The standard InChI is InChI=1S/C16H22N2O2/c1-11(17)15-4-3-9-18(10-15)16(20)14-7-5-13(6-8-14)12(2)19/h5-8,11,15H,3-4,9-10,17H2,1-2H3. The van der Waals surface area contributed by atoms with Gasteiger partial charge in [-0.1, -0.05) is 12.1 Å². The van der Waals surface area contributed by atoms with Crippen LogP contribution in [0.1, 0.15) is 47.4 Å². The van der Waals surface area contributed by atoms with E-state index in [0.29, 0.717) is 17.0 Å². The van der Waals surface area contributed by atoms with Crippen molar-refractivity contribution in [3.8, 4) is 0 Å². The van der Waals surface area contributed by atoms with Crippen molar-refractivity contribution in [2.75, 3.05) is 13.1 Å². The number of carbonyl (C=O) groups excluding carboxylic acids is 2. The fourth-order valence-corrected chi connectivity index (χ4v) is 2.65. The van der Waals surface area contributed by atoms with E-state index in [1.807, 2.05) is 11.8 Å². The molecule has 2 unspecified atom stereocenters. The van der Waals surface area contributed by atoms with Crippen LogP contribution < -0.4 is 5.73 Å². The molecule has 2 rings (SSSR count). The van der Waals surface area contributed by atoms with Gasteiger partial charge in [0.1, 0.15) is 0 Å². The number of nitrogens with two attached hydrogens (primary N) is 1. The number of rotatable bonds is 3. The number of hydrogen-bond donors (Lipinski definition) is 1. The van der Waals surface area contributed by atoms with Gasteiger partial charge in [0.25, 0.3) is 5.91 Å². The Hall–Kier alpha value is -1.68. The second kappa shape index (κ2) is 6.18. The number of carbonyl (C=O) groups is 2. The van der Waals surface area contributed by atoms with E-state index in [2.05, 4.69) is 0 Å². The SMILES string of the molecule is CC(=O)c1ccc(C(=O)N2CCCC(C(C)N)C2)cc1. The number of piperidine rings is 1. The van der Waals surface area contributed by atoms with Crippen molar-refractivity contribution >= 4 is 11.7 Å². The van der Waals surface area contributed by atoms with Crippen molar-refractivity contribution in [1.82, 2.24) is 4.90 Å². The molecule has 0 saturated carbocycles. The number of nitrogens with zero attached hydrogens (tertiary/aromatic N) is 1. The predicted molar refractivity (Wildman–Crippen MR) is 78.7 cm³/mol. The summed E-state index contributed by atoms with van der Waals surface area (Å²) < 4.78 is 0. The van der Waals surface area contributed by atoms with Gasteiger partial charge in [0, 0.05) is 30.3 Å². The van der Waals surface area contributed by atoms with E-state index in [9.17, 15) is 9.59 Å². The lowest BCUT2D eigenvalue weighted by Crippen LogP contribution is -2.45. The van der Waals surface area contributed by atoms with Gasteiger partial charge in [-0.05, 0) is 44.7 Å². The van der Waals surface area contributed by atoms with Crippen LogP contribution in [0, 0.1) is 5.92 Å². The lowest BCUT2D eigenvalue weighted by atomic mass is 9.92. The van der Waals surface area contributed by atoms with Crippen molar-refractivity contribution in [2.24, 2.45) is 11.7 Å². The van der Waals surface area contributed by atoms with Gasteiger partial charge in [-0.2, -0.15) is 0 Å². The van der Waals surface area contributed by atoms with E-state index in [1.54, 1.807) is 24.3 Å². The van der Waals surface area contributed by atoms with Gasteiger partial charge >= 0.3 is 0 Å². The molecule has 1 amide bonds. The first-order valence-electron chi connectivity index (χ1n) is 7.15. The Bertz CT molecular complexity index is 494. The molecule has 0 aromatic heterocycles. The van der Waals surface area contributed by atoms with Crippen LogP contribution in [-0.2, 0) is 0 Å². The summed E-state index contributed by atoms with van der Waals surface area (Å²) in [7, 11) is 0. The minimum absolute atomic E-state index is 0.0130. The van der Waals surface area contributed by atoms with Gasteiger partial charge in [-0.15, -0.1) is 0 Å². The fourth-order valence-electron chi connectivity index (χ4n) is 2.65. The molecule has 0 aliphatic carbocycles. The van der Waals surface area contributed by atoms with Crippen LogP contribution in [0.2, 0.25) is 0 Å². The Kier molecular flexibility index (Phi) is 4.55. The maximum absolute atomic E-state index is 12.4. The monoisotopic (exact) mass is 274 g/mol. The number of amides is 1. The summed E-state index contributed by atoms with van der Waals surface area (Å²) in [5.41, 5.74) is 7.22. The molecule has 4 heteroatoms. The highest BCUT2D eigenvalue weighted by atomic mass is 16.2. The molecule has 1 fully saturated rings. The van der Waals surface area contributed by atoms with E-state index in [1.165, 1.54) is 6.92 Å². The smallest absolute Gasteiger partial charge is 0.253 e. The second-order valence-electron chi connectivity index (χ2n) is 5.65. The van der Waals surface area contributed by atoms with Crippen molar-refractivity contribution in [1.29, 1.82) is 0 Å². The molecule has 1 aromatic carbocycles. The molecule has 0 bridgehead atoms. The molecule has 1 aliphatic rings. The van der Waals surface area contributed by atoms with E-state index < -0.39 is 0 Å². The average molecular weight is 274 g/mol. The minimum Gasteiger partial charge on any atom is -0.338 e. The molecular weight excluding hydrogens is 252 g/mol. The summed E-state index contributed by atoms with van der Waals surface area (Å²) in [6.07, 6.45) is 2.09. The third-order valence-electron chi connectivity index (χ3n) is 4.03. The van der Waals surface area contributed by atoms with Gasteiger partial charge < -0.3 is 10.6 Å². The summed E-state index contributed by atoms with van der Waals surface area (Å²) in [4.78, 5) is 25.6. The molecule has 0 radical (unpaired) electrons. The van der Waals surface area contributed by atoms with Crippen LogP contribution >= 0.6 is 0 Å². The maximum atomic E-state index is 12.4. The summed E-state index contributed by atoms with van der Waals surface area (Å²) in [5, 5.41) is 0. The molecule has 108 valence electrons. The van der Waals surface area contributed by atoms with Crippen LogP contribution in [0.15, 0.2) is 24.3 Å². The molecule has 1 aliphatic heterocycles. The second-order valence-corrected chi connectivity index (χ2v) is 5.65. The van der Waals surface area contributed by atoms with Crippen LogP contribution in [0.3, 0.4) is 0 Å². The van der Waals surface area contributed by atoms with E-state index in [-0.39, 0.29) is 17.7 Å². The van der Waals surface area contributed by atoms with Gasteiger partial charge in [0.05, 0.1) is 0 Å². The number of benzene rings is 1. The normalized spacial score (nSPS) is 20.6. The first-order valence-corrected chi connectivity index (χ1v) is 7.15. The number of likely N-dealkylation sites (tertiary alicyclic amines) is 1. The summed E-state index contributed by atoms with van der Waals surface area (Å²) >= 11 is 0. The van der Waals surface area contributed by atoms with Crippen molar-refractivity contribution < 1.29 is 9.59 Å². The number of Topliss-reactive ketones (excluding diaryl/α,β-unsaturated/α-hetero) is 1. The largest absolute Gasteiger partial charge is 0.338 e. The highest BCUT2D eigenvalue weighted by molar-refractivity contribution is 5.97. The third kappa shape index (κ3) is 3.25. The average Bonchev–Trinajstić information content (AvgIpc) is 2.46. The Morgan fingerprint density at radius 1 is 1.25 bits per heavy atom. The van der Waals surface area contributed by atoms with Gasteiger partial charge in [0.2, 0.25) is 0 Å². The zero-order chi connectivity index (χ0) is 14.7. The van der Waals surface area contributed by atoms with Crippen LogP contribution in [0.25, 0.3) is 0 Å². The lowest BCUT2D eigenvalue weighted by molar-refractivity contribution is 0.0660. The molecule has 1 aromatic rings. The highest BCUT2D eigenvalue weighted by Gasteiger charge is 2.26. The Labute approximate surface area is 119 Å². The minimum atomic E-state index is 0.0130. The first kappa shape index (κ1) is 14.7. The molecule has 4 nitrogen and oxygen atoms in total. The summed E-state index contributed by atoms with van der Waals surface area (Å²) in [5.74, 6) is 0.425. The lowest BCUT2D eigenvalue weighted by Gasteiger charge is -2.34. The topological polar surface area (TPSA) is 63.4 Å². The molecule has 1 heterocycles. The predicted octanol–water partition coefficient (Wildman–Crippen LogP) is 2.09. The highest BCUT2D eigenvalue weighted by Crippen LogP contribution is 2.20. The van der Waals surface area contributed by atoms with Crippen LogP contribution in [-0.4, -0.2) is 35.7 Å². The van der Waals surface area contributed by atoms with Crippen molar-refractivity contribution in [3.05, 3.63) is 35.4 Å². The molecule has 0 spiro atoms. The van der Waals surface area contributed by atoms with Crippen molar-refractivity contribution in [3.63, 3.8) is 0 Å². The first-order chi connectivity index (χ1) is 9.49. The summed E-state index contributed by atoms with van der Waals surface area (Å²) in [6, 6.07) is 7.00. The van der Waals surface area contributed by atoms with Crippen LogP contribution in [0.5, 0.6) is 0 Å². The van der Waals surface area contributed by atoms with Gasteiger partial charge in [0.15, 0.2) is 5.78 Å². The zero-order valence-electron chi connectivity index (χ0n) is 12.1. The Morgan fingerprint density at radius 3 is 2.40 bits per heavy atom. The van der Waals surface area contributed by atoms with Crippen molar-refractivity contribution in [2.45, 2.75) is 32.7 Å². The van der Waals surface area contributed by atoms with E-state index in [4.69, 9.17) is 5.73 Å². The molecule has 2 atom stereocenters. The fraction of sp³-hybridized carbons (Fsp3) is 0.500. The van der Waals surface area contributed by atoms with E-state index >= 15 is 0 Å². The zero-order valence-corrected chi connectivity index (χ0v) is 12.1.